The molecule has 2 aromatic carbocycles. The standard InChI is InChI=1S/C17H19NO3S/c1-13(2)20-15-11-7-8-12-16(15)21-17(19)18(3)22-14-9-5-4-6-10-14/h4-13H,1-3H3. The second-order valence-corrected chi connectivity index (χ2v) is 6.08. The molecule has 0 aliphatic carbocycles. The van der Waals surface area contributed by atoms with Gasteiger partial charge >= 0.3 is 6.09 Å². The highest BCUT2D eigenvalue weighted by Gasteiger charge is 2.16. The molecule has 0 saturated heterocycles. The van der Waals surface area contributed by atoms with Gasteiger partial charge in [0.05, 0.1) is 6.10 Å². The minimum atomic E-state index is -0.450. The molecule has 116 valence electrons. The fourth-order valence-corrected chi connectivity index (χ4v) is 2.43. The summed E-state index contributed by atoms with van der Waals surface area (Å²) < 4.78 is 12.5. The average molecular weight is 317 g/mol. The lowest BCUT2D eigenvalue weighted by Gasteiger charge is -2.18. The Morgan fingerprint density at radius 3 is 2.23 bits per heavy atom. The van der Waals surface area contributed by atoms with Crippen LogP contribution in [0.3, 0.4) is 0 Å². The summed E-state index contributed by atoms with van der Waals surface area (Å²) in [6, 6.07) is 16.8. The van der Waals surface area contributed by atoms with Crippen LogP contribution in [0, 0.1) is 0 Å². The number of nitrogens with zero attached hydrogens (tertiary/aromatic N) is 1. The Morgan fingerprint density at radius 2 is 1.59 bits per heavy atom. The zero-order chi connectivity index (χ0) is 15.9. The van der Waals surface area contributed by atoms with Gasteiger partial charge in [-0.3, -0.25) is 0 Å². The third kappa shape index (κ3) is 4.70. The van der Waals surface area contributed by atoms with Crippen LogP contribution in [0.2, 0.25) is 0 Å². The molecular formula is C17H19NO3S. The van der Waals surface area contributed by atoms with E-state index in [9.17, 15) is 4.79 Å². The van der Waals surface area contributed by atoms with Crippen molar-refractivity contribution in [2.45, 2.75) is 24.8 Å². The lowest BCUT2D eigenvalue weighted by Crippen LogP contribution is -2.23. The van der Waals surface area contributed by atoms with Crippen molar-refractivity contribution in [3.8, 4) is 11.5 Å². The fourth-order valence-electron chi connectivity index (χ4n) is 1.72. The van der Waals surface area contributed by atoms with Gasteiger partial charge in [-0.15, -0.1) is 0 Å². The van der Waals surface area contributed by atoms with Crippen molar-refractivity contribution in [2.75, 3.05) is 7.05 Å². The van der Waals surface area contributed by atoms with Gasteiger partial charge in [-0.25, -0.2) is 9.10 Å². The first kappa shape index (κ1) is 16.2. The number of hydrogen-bond acceptors (Lipinski definition) is 4. The average Bonchev–Trinajstić information content (AvgIpc) is 2.49. The second-order valence-electron chi connectivity index (χ2n) is 4.88. The maximum atomic E-state index is 12.2. The minimum absolute atomic E-state index is 0.0104. The molecule has 0 bridgehead atoms. The van der Waals surface area contributed by atoms with Crippen LogP contribution in [0.25, 0.3) is 0 Å². The van der Waals surface area contributed by atoms with E-state index in [-0.39, 0.29) is 6.10 Å². The summed E-state index contributed by atoms with van der Waals surface area (Å²) in [5.41, 5.74) is 0. The maximum Gasteiger partial charge on any atom is 0.425 e. The smallest absolute Gasteiger partial charge is 0.425 e. The van der Waals surface area contributed by atoms with E-state index in [1.54, 1.807) is 25.2 Å². The molecule has 2 aromatic rings. The van der Waals surface area contributed by atoms with Crippen molar-refractivity contribution in [1.29, 1.82) is 0 Å². The molecule has 0 saturated carbocycles. The summed E-state index contributed by atoms with van der Waals surface area (Å²) in [4.78, 5) is 13.1. The Balaban J connectivity index is 2.02. The molecule has 0 aromatic heterocycles. The second kappa shape index (κ2) is 7.75. The normalized spacial score (nSPS) is 10.4. The zero-order valence-electron chi connectivity index (χ0n) is 12.9. The van der Waals surface area contributed by atoms with Crippen LogP contribution in [0.5, 0.6) is 11.5 Å². The topological polar surface area (TPSA) is 38.8 Å². The number of amides is 1. The Hall–Kier alpha value is -2.14. The van der Waals surface area contributed by atoms with Gasteiger partial charge in [0, 0.05) is 11.9 Å². The van der Waals surface area contributed by atoms with Gasteiger partial charge in [-0.1, -0.05) is 30.3 Å². The lowest BCUT2D eigenvalue weighted by molar-refractivity contribution is 0.180. The number of benzene rings is 2. The summed E-state index contributed by atoms with van der Waals surface area (Å²) in [5.74, 6) is 0.977. The van der Waals surface area contributed by atoms with Crippen LogP contribution >= 0.6 is 11.9 Å². The van der Waals surface area contributed by atoms with Crippen LogP contribution in [-0.4, -0.2) is 23.6 Å². The van der Waals surface area contributed by atoms with Crippen molar-refractivity contribution in [1.82, 2.24) is 4.31 Å². The minimum Gasteiger partial charge on any atom is -0.487 e. The summed E-state index contributed by atoms with van der Waals surface area (Å²) in [6.45, 7) is 3.85. The van der Waals surface area contributed by atoms with Gasteiger partial charge in [-0.05, 0) is 50.1 Å². The van der Waals surface area contributed by atoms with Crippen LogP contribution in [0.15, 0.2) is 59.5 Å². The first-order valence-electron chi connectivity index (χ1n) is 7.00. The van der Waals surface area contributed by atoms with Crippen LogP contribution in [-0.2, 0) is 0 Å². The third-order valence-corrected chi connectivity index (χ3v) is 3.56. The molecule has 0 unspecified atom stereocenters. The first-order chi connectivity index (χ1) is 10.6. The molecule has 22 heavy (non-hydrogen) atoms. The highest BCUT2D eigenvalue weighted by Crippen LogP contribution is 2.29. The first-order valence-corrected chi connectivity index (χ1v) is 7.78. The van der Waals surface area contributed by atoms with E-state index in [0.717, 1.165) is 4.90 Å². The van der Waals surface area contributed by atoms with E-state index in [2.05, 4.69) is 0 Å². The van der Waals surface area contributed by atoms with E-state index < -0.39 is 6.09 Å². The zero-order valence-corrected chi connectivity index (χ0v) is 13.7. The van der Waals surface area contributed by atoms with Gasteiger partial charge in [0.2, 0.25) is 0 Å². The Morgan fingerprint density at radius 1 is 1.00 bits per heavy atom. The van der Waals surface area contributed by atoms with Crippen LogP contribution in [0.1, 0.15) is 13.8 Å². The Kier molecular flexibility index (Phi) is 5.72. The van der Waals surface area contributed by atoms with Gasteiger partial charge < -0.3 is 9.47 Å². The van der Waals surface area contributed by atoms with Crippen molar-refractivity contribution in [3.05, 3.63) is 54.6 Å². The highest BCUT2D eigenvalue weighted by atomic mass is 32.2. The molecule has 0 aliphatic heterocycles. The molecular weight excluding hydrogens is 298 g/mol. The van der Waals surface area contributed by atoms with Crippen molar-refractivity contribution >= 4 is 18.0 Å². The van der Waals surface area contributed by atoms with E-state index >= 15 is 0 Å². The highest BCUT2D eigenvalue weighted by molar-refractivity contribution is 7.97. The van der Waals surface area contributed by atoms with Gasteiger partial charge in [0.1, 0.15) is 0 Å². The molecule has 1 amide bonds. The van der Waals surface area contributed by atoms with Crippen LogP contribution < -0.4 is 9.47 Å². The molecule has 0 radical (unpaired) electrons. The molecule has 2 rings (SSSR count). The van der Waals surface area contributed by atoms with E-state index in [1.807, 2.05) is 50.2 Å². The quantitative estimate of drug-likeness (QED) is 0.755. The van der Waals surface area contributed by atoms with E-state index in [4.69, 9.17) is 9.47 Å². The summed E-state index contributed by atoms with van der Waals surface area (Å²) in [5, 5.41) is 0. The fraction of sp³-hybridized carbons (Fsp3) is 0.235. The van der Waals surface area contributed by atoms with Crippen molar-refractivity contribution < 1.29 is 14.3 Å². The number of para-hydroxylation sites is 2. The molecule has 0 spiro atoms. The van der Waals surface area contributed by atoms with Gasteiger partial charge in [-0.2, -0.15) is 0 Å². The SMILES string of the molecule is CC(C)Oc1ccccc1OC(=O)N(C)Sc1ccccc1. The number of carbonyl (C=O) groups is 1. The number of rotatable bonds is 5. The molecule has 5 heteroatoms. The van der Waals surface area contributed by atoms with Crippen LogP contribution in [0.4, 0.5) is 4.79 Å². The summed E-state index contributed by atoms with van der Waals surface area (Å²) in [6.07, 6.45) is -0.440. The van der Waals surface area contributed by atoms with Crippen molar-refractivity contribution in [2.24, 2.45) is 0 Å². The van der Waals surface area contributed by atoms with Gasteiger partial charge in [0.25, 0.3) is 0 Å². The predicted molar refractivity (Wildman–Crippen MR) is 88.3 cm³/mol. The summed E-state index contributed by atoms with van der Waals surface area (Å²) in [7, 11) is 1.67. The number of carbonyl (C=O) groups excluding carboxylic acids is 1. The van der Waals surface area contributed by atoms with E-state index in [0.29, 0.717) is 11.5 Å². The molecule has 0 heterocycles. The molecule has 0 aliphatic rings. The Labute approximate surface area is 135 Å². The summed E-state index contributed by atoms with van der Waals surface area (Å²) >= 11 is 1.31. The Bertz CT molecular complexity index is 616. The molecule has 4 nitrogen and oxygen atoms in total. The monoisotopic (exact) mass is 317 g/mol. The van der Waals surface area contributed by atoms with Gasteiger partial charge in [0.15, 0.2) is 11.5 Å². The lowest BCUT2D eigenvalue weighted by atomic mass is 10.3. The molecule has 0 N–H and O–H groups in total. The molecule has 0 atom stereocenters. The third-order valence-electron chi connectivity index (χ3n) is 2.65. The van der Waals surface area contributed by atoms with Crippen molar-refractivity contribution in [3.63, 3.8) is 0 Å². The predicted octanol–water partition coefficient (Wildman–Crippen LogP) is 4.61. The molecule has 0 fully saturated rings. The van der Waals surface area contributed by atoms with E-state index in [1.165, 1.54) is 16.3 Å². The maximum absolute atomic E-state index is 12.2. The largest absolute Gasteiger partial charge is 0.487 e. The number of hydrogen-bond donors (Lipinski definition) is 0. The number of ether oxygens (including phenoxy) is 2.